The van der Waals surface area contributed by atoms with Gasteiger partial charge >= 0.3 is 0 Å². The van der Waals surface area contributed by atoms with E-state index >= 15 is 0 Å². The zero-order valence-electron chi connectivity index (χ0n) is 12.4. The van der Waals surface area contributed by atoms with Crippen LogP contribution < -0.4 is 15.4 Å². The Labute approximate surface area is 129 Å². The van der Waals surface area contributed by atoms with Gasteiger partial charge in [-0.3, -0.25) is 4.79 Å². The Morgan fingerprint density at radius 3 is 2.95 bits per heavy atom. The molecule has 1 heterocycles. The summed E-state index contributed by atoms with van der Waals surface area (Å²) in [4.78, 5) is 20.3. The summed E-state index contributed by atoms with van der Waals surface area (Å²) in [6.07, 6.45) is 3.05. The van der Waals surface area contributed by atoms with Gasteiger partial charge in [0.05, 0.1) is 12.3 Å². The van der Waals surface area contributed by atoms with E-state index in [1.54, 1.807) is 24.3 Å². The third-order valence-corrected chi connectivity index (χ3v) is 2.76. The zero-order valence-corrected chi connectivity index (χ0v) is 12.4. The van der Waals surface area contributed by atoms with Crippen molar-refractivity contribution >= 4 is 17.4 Å². The lowest BCUT2D eigenvalue weighted by molar-refractivity contribution is 0.102. The molecule has 0 aliphatic rings. The number of carbonyl (C=O) groups excluding carboxylic acids is 1. The third-order valence-electron chi connectivity index (χ3n) is 2.76. The van der Waals surface area contributed by atoms with E-state index in [4.69, 9.17) is 4.74 Å². The van der Waals surface area contributed by atoms with Crippen LogP contribution in [0.15, 0.2) is 49.3 Å². The molecule has 0 aliphatic heterocycles. The fraction of sp³-hybridized carbons (Fsp3) is 0.188. The molecule has 2 aromatic rings. The average molecular weight is 298 g/mol. The second-order valence-electron chi connectivity index (χ2n) is 4.34. The molecular weight excluding hydrogens is 280 g/mol. The molecule has 2 rings (SSSR count). The van der Waals surface area contributed by atoms with Gasteiger partial charge < -0.3 is 15.4 Å². The van der Waals surface area contributed by atoms with E-state index in [0.29, 0.717) is 30.4 Å². The minimum absolute atomic E-state index is 0.271. The number of benzene rings is 1. The van der Waals surface area contributed by atoms with Crippen LogP contribution in [0.4, 0.5) is 11.5 Å². The minimum atomic E-state index is -0.323. The summed E-state index contributed by atoms with van der Waals surface area (Å²) in [6, 6.07) is 8.84. The van der Waals surface area contributed by atoms with Crippen molar-refractivity contribution < 1.29 is 9.53 Å². The molecule has 0 unspecified atom stereocenters. The highest BCUT2D eigenvalue weighted by molar-refractivity contribution is 6.04. The largest absolute Gasteiger partial charge is 0.492 e. The summed E-state index contributed by atoms with van der Waals surface area (Å²) >= 11 is 0. The molecule has 0 saturated carbocycles. The molecule has 6 heteroatoms. The van der Waals surface area contributed by atoms with Gasteiger partial charge in [-0.05, 0) is 19.1 Å². The van der Waals surface area contributed by atoms with E-state index in [1.165, 1.54) is 6.33 Å². The molecule has 1 aromatic carbocycles. The maximum Gasteiger partial charge on any atom is 0.274 e. The first kappa shape index (κ1) is 15.5. The Morgan fingerprint density at radius 1 is 1.36 bits per heavy atom. The number of ether oxygens (including phenoxy) is 1. The van der Waals surface area contributed by atoms with E-state index < -0.39 is 0 Å². The first-order valence-corrected chi connectivity index (χ1v) is 6.94. The van der Waals surface area contributed by atoms with Gasteiger partial charge in [-0.25, -0.2) is 9.97 Å². The minimum Gasteiger partial charge on any atom is -0.492 e. The molecule has 0 radical (unpaired) electrons. The molecular formula is C16H18N4O2. The standard InChI is InChI=1S/C16H18N4O2/c1-3-9-17-15-10-13(18-11-19-15)16(21)20-12-7-5-6-8-14(12)22-4-2/h3,5-8,10-11H,1,4,9H2,2H3,(H,20,21)(H,17,18,19). The van der Waals surface area contributed by atoms with E-state index in [-0.39, 0.29) is 11.6 Å². The van der Waals surface area contributed by atoms with Crippen LogP contribution in [-0.2, 0) is 0 Å². The lowest BCUT2D eigenvalue weighted by Crippen LogP contribution is -2.15. The number of amides is 1. The maximum atomic E-state index is 12.3. The Bertz CT molecular complexity index is 658. The van der Waals surface area contributed by atoms with Crippen molar-refractivity contribution in [3.63, 3.8) is 0 Å². The lowest BCUT2D eigenvalue weighted by atomic mass is 10.2. The van der Waals surface area contributed by atoms with Crippen molar-refractivity contribution in [2.45, 2.75) is 6.92 Å². The average Bonchev–Trinajstić information content (AvgIpc) is 2.55. The highest BCUT2D eigenvalue weighted by Gasteiger charge is 2.11. The van der Waals surface area contributed by atoms with Crippen LogP contribution in [0.3, 0.4) is 0 Å². The number of anilines is 2. The van der Waals surface area contributed by atoms with Crippen LogP contribution in [0.25, 0.3) is 0 Å². The molecule has 0 spiro atoms. The Kier molecular flexibility index (Phi) is 5.48. The van der Waals surface area contributed by atoms with E-state index in [2.05, 4.69) is 27.2 Å². The number of aromatic nitrogens is 2. The smallest absolute Gasteiger partial charge is 0.274 e. The van der Waals surface area contributed by atoms with Crippen molar-refractivity contribution in [3.8, 4) is 5.75 Å². The highest BCUT2D eigenvalue weighted by Crippen LogP contribution is 2.24. The first-order valence-electron chi connectivity index (χ1n) is 6.94. The van der Waals surface area contributed by atoms with Gasteiger partial charge in [0.25, 0.3) is 5.91 Å². The van der Waals surface area contributed by atoms with Crippen molar-refractivity contribution in [2.24, 2.45) is 0 Å². The Balaban J connectivity index is 2.13. The normalized spacial score (nSPS) is 9.86. The number of hydrogen-bond acceptors (Lipinski definition) is 5. The molecule has 114 valence electrons. The Morgan fingerprint density at radius 2 is 2.18 bits per heavy atom. The van der Waals surface area contributed by atoms with Crippen LogP contribution in [0.5, 0.6) is 5.75 Å². The molecule has 0 fully saturated rings. The number of para-hydroxylation sites is 2. The molecule has 0 saturated heterocycles. The number of carbonyl (C=O) groups is 1. The first-order chi connectivity index (χ1) is 10.7. The second kappa shape index (κ2) is 7.78. The molecule has 1 aromatic heterocycles. The zero-order chi connectivity index (χ0) is 15.8. The monoisotopic (exact) mass is 298 g/mol. The maximum absolute atomic E-state index is 12.3. The van der Waals surface area contributed by atoms with Crippen LogP contribution in [0, 0.1) is 0 Å². The Hall–Kier alpha value is -2.89. The SMILES string of the molecule is C=CCNc1cc(C(=O)Nc2ccccc2OCC)ncn1. The molecule has 6 nitrogen and oxygen atoms in total. The van der Waals surface area contributed by atoms with Crippen LogP contribution in [0.2, 0.25) is 0 Å². The number of hydrogen-bond donors (Lipinski definition) is 2. The van der Waals surface area contributed by atoms with Crippen molar-refractivity contribution in [1.82, 2.24) is 9.97 Å². The van der Waals surface area contributed by atoms with Gasteiger partial charge in [0.2, 0.25) is 0 Å². The van der Waals surface area contributed by atoms with Crippen LogP contribution in [-0.4, -0.2) is 29.0 Å². The van der Waals surface area contributed by atoms with E-state index in [9.17, 15) is 4.79 Å². The van der Waals surface area contributed by atoms with Crippen molar-refractivity contribution in [2.75, 3.05) is 23.8 Å². The van der Waals surface area contributed by atoms with Gasteiger partial charge in [-0.2, -0.15) is 0 Å². The number of nitrogens with one attached hydrogen (secondary N) is 2. The van der Waals surface area contributed by atoms with E-state index in [1.807, 2.05) is 19.1 Å². The molecule has 0 bridgehead atoms. The van der Waals surface area contributed by atoms with Gasteiger partial charge in [-0.15, -0.1) is 6.58 Å². The lowest BCUT2D eigenvalue weighted by Gasteiger charge is -2.11. The summed E-state index contributed by atoms with van der Waals surface area (Å²) in [5.74, 6) is 0.867. The second-order valence-corrected chi connectivity index (χ2v) is 4.34. The fourth-order valence-corrected chi connectivity index (χ4v) is 1.79. The van der Waals surface area contributed by atoms with Crippen molar-refractivity contribution in [3.05, 3.63) is 55.0 Å². The topological polar surface area (TPSA) is 76.1 Å². The molecule has 0 atom stereocenters. The van der Waals surface area contributed by atoms with Gasteiger partial charge in [0.15, 0.2) is 0 Å². The molecule has 1 amide bonds. The number of rotatable bonds is 7. The highest BCUT2D eigenvalue weighted by atomic mass is 16.5. The fourth-order valence-electron chi connectivity index (χ4n) is 1.79. The summed E-state index contributed by atoms with van der Waals surface area (Å²) in [5, 5.41) is 5.80. The number of nitrogens with zero attached hydrogens (tertiary/aromatic N) is 2. The molecule has 2 N–H and O–H groups in total. The van der Waals surface area contributed by atoms with Gasteiger partial charge in [0, 0.05) is 12.6 Å². The summed E-state index contributed by atoms with van der Waals surface area (Å²) < 4.78 is 5.48. The van der Waals surface area contributed by atoms with Gasteiger partial charge in [0.1, 0.15) is 23.6 Å². The van der Waals surface area contributed by atoms with Crippen LogP contribution in [0.1, 0.15) is 17.4 Å². The quantitative estimate of drug-likeness (QED) is 0.769. The summed E-state index contributed by atoms with van der Waals surface area (Å²) in [7, 11) is 0. The van der Waals surface area contributed by atoms with Gasteiger partial charge in [-0.1, -0.05) is 18.2 Å². The van der Waals surface area contributed by atoms with Crippen molar-refractivity contribution in [1.29, 1.82) is 0 Å². The summed E-state index contributed by atoms with van der Waals surface area (Å²) in [6.45, 7) is 6.59. The van der Waals surface area contributed by atoms with Crippen LogP contribution >= 0.6 is 0 Å². The molecule has 0 aliphatic carbocycles. The molecule has 22 heavy (non-hydrogen) atoms. The summed E-state index contributed by atoms with van der Waals surface area (Å²) in [5.41, 5.74) is 0.876. The predicted octanol–water partition coefficient (Wildman–Crippen LogP) is 2.73. The van der Waals surface area contributed by atoms with E-state index in [0.717, 1.165) is 0 Å². The third kappa shape index (κ3) is 4.05. The predicted molar refractivity (Wildman–Crippen MR) is 86.3 cm³/mol.